The van der Waals surface area contributed by atoms with Crippen LogP contribution in [0.15, 0.2) is 41.8 Å². The topological polar surface area (TPSA) is 87.4 Å². The molecule has 0 aliphatic heterocycles. The predicted molar refractivity (Wildman–Crippen MR) is 109 cm³/mol. The van der Waals surface area contributed by atoms with Gasteiger partial charge in [-0.05, 0) is 55.4 Å². The zero-order valence-electron chi connectivity index (χ0n) is 16.6. The van der Waals surface area contributed by atoms with Crippen LogP contribution in [0, 0.1) is 5.41 Å². The lowest BCUT2D eigenvalue weighted by Gasteiger charge is -2.32. The summed E-state index contributed by atoms with van der Waals surface area (Å²) in [5.41, 5.74) is 1.16. The highest BCUT2D eigenvalue weighted by Gasteiger charge is 2.25. The van der Waals surface area contributed by atoms with E-state index in [1.165, 1.54) is 0 Å². The fraction of sp³-hybridized carbons (Fsp3) is 0.550. The van der Waals surface area contributed by atoms with Crippen LogP contribution in [0.4, 0.5) is 0 Å². The SMILES string of the molecule is CCNC(=NCc1ccnc(-n2cccn2)c1)NCC(CC)(CC)CCO. The zero-order chi connectivity index (χ0) is 19.5. The van der Waals surface area contributed by atoms with Gasteiger partial charge in [0.15, 0.2) is 11.8 Å². The highest BCUT2D eigenvalue weighted by Crippen LogP contribution is 2.29. The molecule has 0 amide bonds. The van der Waals surface area contributed by atoms with Crippen molar-refractivity contribution in [1.29, 1.82) is 0 Å². The lowest BCUT2D eigenvalue weighted by molar-refractivity contribution is 0.169. The van der Waals surface area contributed by atoms with E-state index in [1.807, 2.05) is 24.4 Å². The van der Waals surface area contributed by atoms with Crippen LogP contribution < -0.4 is 10.6 Å². The van der Waals surface area contributed by atoms with E-state index >= 15 is 0 Å². The molecule has 0 saturated heterocycles. The highest BCUT2D eigenvalue weighted by molar-refractivity contribution is 5.79. The molecule has 0 spiro atoms. The van der Waals surface area contributed by atoms with Gasteiger partial charge >= 0.3 is 0 Å². The number of nitrogens with zero attached hydrogens (tertiary/aromatic N) is 4. The monoisotopic (exact) mass is 372 g/mol. The van der Waals surface area contributed by atoms with Crippen LogP contribution in [-0.2, 0) is 6.54 Å². The molecule has 0 radical (unpaired) electrons. The summed E-state index contributed by atoms with van der Waals surface area (Å²) in [7, 11) is 0. The van der Waals surface area contributed by atoms with Gasteiger partial charge in [0.2, 0.25) is 0 Å². The van der Waals surface area contributed by atoms with Crippen molar-refractivity contribution in [3.63, 3.8) is 0 Å². The van der Waals surface area contributed by atoms with Gasteiger partial charge < -0.3 is 15.7 Å². The number of hydrogen-bond acceptors (Lipinski definition) is 4. The molecule has 0 aromatic carbocycles. The second kappa shape index (κ2) is 10.7. The molecule has 0 saturated carbocycles. The summed E-state index contributed by atoms with van der Waals surface area (Å²) in [5, 5.41) is 20.4. The maximum Gasteiger partial charge on any atom is 0.191 e. The average molecular weight is 373 g/mol. The van der Waals surface area contributed by atoms with Gasteiger partial charge in [0.25, 0.3) is 0 Å². The van der Waals surface area contributed by atoms with E-state index in [1.54, 1.807) is 17.1 Å². The number of aliphatic hydroxyl groups excluding tert-OH is 1. The second-order valence-electron chi connectivity index (χ2n) is 6.70. The van der Waals surface area contributed by atoms with E-state index in [9.17, 15) is 5.11 Å². The van der Waals surface area contributed by atoms with E-state index in [4.69, 9.17) is 4.99 Å². The number of aliphatic imine (C=N–C) groups is 1. The Balaban J connectivity index is 2.06. The van der Waals surface area contributed by atoms with Gasteiger partial charge in [-0.2, -0.15) is 5.10 Å². The van der Waals surface area contributed by atoms with Crippen LogP contribution in [0.25, 0.3) is 5.82 Å². The van der Waals surface area contributed by atoms with Crippen LogP contribution in [-0.4, -0.2) is 45.5 Å². The Labute approximate surface area is 161 Å². The molecule has 7 heteroatoms. The van der Waals surface area contributed by atoms with Gasteiger partial charge in [0.05, 0.1) is 6.54 Å². The normalized spacial score (nSPS) is 12.2. The quantitative estimate of drug-likeness (QED) is 0.441. The van der Waals surface area contributed by atoms with Gasteiger partial charge in [-0.3, -0.25) is 0 Å². The van der Waals surface area contributed by atoms with Crippen molar-refractivity contribution in [2.75, 3.05) is 19.7 Å². The first-order chi connectivity index (χ1) is 13.2. The minimum Gasteiger partial charge on any atom is -0.396 e. The largest absolute Gasteiger partial charge is 0.396 e. The number of aromatic nitrogens is 3. The van der Waals surface area contributed by atoms with Crippen molar-refractivity contribution in [2.24, 2.45) is 10.4 Å². The summed E-state index contributed by atoms with van der Waals surface area (Å²) in [5.74, 6) is 1.57. The van der Waals surface area contributed by atoms with Gasteiger partial charge in [0, 0.05) is 38.3 Å². The summed E-state index contributed by atoms with van der Waals surface area (Å²) in [6.07, 6.45) is 8.23. The molecule has 0 bridgehead atoms. The van der Waals surface area contributed by atoms with E-state index in [0.29, 0.717) is 6.54 Å². The number of pyridine rings is 1. The van der Waals surface area contributed by atoms with Crippen LogP contribution in [0.2, 0.25) is 0 Å². The number of nitrogens with one attached hydrogen (secondary N) is 2. The molecule has 0 unspecified atom stereocenters. The molecule has 2 rings (SSSR count). The summed E-state index contributed by atoms with van der Waals surface area (Å²) >= 11 is 0. The first kappa shape index (κ1) is 20.9. The van der Waals surface area contributed by atoms with Crippen LogP contribution in [0.1, 0.15) is 45.6 Å². The summed E-state index contributed by atoms with van der Waals surface area (Å²) in [6.45, 7) is 8.77. The van der Waals surface area contributed by atoms with Crippen molar-refractivity contribution >= 4 is 5.96 Å². The van der Waals surface area contributed by atoms with Crippen molar-refractivity contribution in [3.8, 4) is 5.82 Å². The van der Waals surface area contributed by atoms with Gasteiger partial charge in [-0.15, -0.1) is 0 Å². The summed E-state index contributed by atoms with van der Waals surface area (Å²) < 4.78 is 1.74. The average Bonchev–Trinajstić information content (AvgIpc) is 3.24. The Hall–Kier alpha value is -2.41. The maximum atomic E-state index is 9.40. The van der Waals surface area contributed by atoms with Crippen LogP contribution in [0.3, 0.4) is 0 Å². The Morgan fingerprint density at radius 2 is 2.04 bits per heavy atom. The number of hydrogen-bond donors (Lipinski definition) is 3. The Bertz CT molecular complexity index is 694. The van der Waals surface area contributed by atoms with Crippen LogP contribution >= 0.6 is 0 Å². The molecule has 27 heavy (non-hydrogen) atoms. The Morgan fingerprint density at radius 1 is 1.22 bits per heavy atom. The highest BCUT2D eigenvalue weighted by atomic mass is 16.3. The zero-order valence-corrected chi connectivity index (χ0v) is 16.6. The summed E-state index contributed by atoms with van der Waals surface area (Å²) in [6, 6.07) is 5.84. The van der Waals surface area contributed by atoms with Crippen molar-refractivity contribution in [1.82, 2.24) is 25.4 Å². The molecule has 2 aromatic heterocycles. The third-order valence-corrected chi connectivity index (χ3v) is 5.09. The predicted octanol–water partition coefficient (Wildman–Crippen LogP) is 2.51. The fourth-order valence-electron chi connectivity index (χ4n) is 3.05. The van der Waals surface area contributed by atoms with Crippen molar-refractivity contribution in [3.05, 3.63) is 42.4 Å². The van der Waals surface area contributed by atoms with Crippen molar-refractivity contribution < 1.29 is 5.11 Å². The standard InChI is InChI=1S/C20H32N6O/c1-4-20(5-2,9-13-27)16-24-19(21-6-3)23-15-17-8-11-22-18(14-17)26-12-7-10-25-26/h7-8,10-12,14,27H,4-6,9,13,15-16H2,1-3H3,(H2,21,23,24). The van der Waals surface area contributed by atoms with Crippen LogP contribution in [0.5, 0.6) is 0 Å². The lowest BCUT2D eigenvalue weighted by Crippen LogP contribution is -2.43. The summed E-state index contributed by atoms with van der Waals surface area (Å²) in [4.78, 5) is 9.07. The molecule has 148 valence electrons. The molecular weight excluding hydrogens is 340 g/mol. The molecule has 3 N–H and O–H groups in total. The number of aliphatic hydroxyl groups is 1. The molecule has 2 heterocycles. The van der Waals surface area contributed by atoms with Gasteiger partial charge in [0.1, 0.15) is 0 Å². The van der Waals surface area contributed by atoms with Gasteiger partial charge in [-0.1, -0.05) is 13.8 Å². The molecule has 2 aromatic rings. The van der Waals surface area contributed by atoms with E-state index < -0.39 is 0 Å². The molecule has 0 aliphatic rings. The second-order valence-corrected chi connectivity index (χ2v) is 6.70. The van der Waals surface area contributed by atoms with E-state index in [0.717, 1.165) is 49.7 Å². The number of rotatable bonds is 10. The third-order valence-electron chi connectivity index (χ3n) is 5.09. The minimum absolute atomic E-state index is 0.0921. The Kier molecular flexibility index (Phi) is 8.26. The first-order valence-corrected chi connectivity index (χ1v) is 9.74. The van der Waals surface area contributed by atoms with Gasteiger partial charge in [-0.25, -0.2) is 14.7 Å². The lowest BCUT2D eigenvalue weighted by atomic mass is 9.79. The van der Waals surface area contributed by atoms with Crippen molar-refractivity contribution in [2.45, 2.75) is 46.6 Å². The first-order valence-electron chi connectivity index (χ1n) is 9.74. The molecule has 7 nitrogen and oxygen atoms in total. The molecular formula is C20H32N6O. The number of guanidine groups is 1. The maximum absolute atomic E-state index is 9.40. The third kappa shape index (κ3) is 6.06. The fourth-order valence-corrected chi connectivity index (χ4v) is 3.05. The Morgan fingerprint density at radius 3 is 2.67 bits per heavy atom. The molecule has 0 aliphatic carbocycles. The van der Waals surface area contributed by atoms with E-state index in [2.05, 4.69) is 41.5 Å². The van der Waals surface area contributed by atoms with E-state index in [-0.39, 0.29) is 12.0 Å². The molecule has 0 atom stereocenters. The smallest absolute Gasteiger partial charge is 0.191 e. The molecule has 0 fully saturated rings. The minimum atomic E-state index is 0.0921.